The van der Waals surface area contributed by atoms with Crippen molar-refractivity contribution in [3.05, 3.63) is 47.5 Å². The number of hydrogen-bond acceptors (Lipinski definition) is 6. The van der Waals surface area contributed by atoms with Crippen LogP contribution in [0.4, 0.5) is 24.5 Å². The van der Waals surface area contributed by atoms with Crippen LogP contribution in [0.3, 0.4) is 0 Å². The van der Waals surface area contributed by atoms with E-state index in [0.717, 1.165) is 25.0 Å². The first kappa shape index (κ1) is 23.2. The fourth-order valence-corrected chi connectivity index (χ4v) is 3.37. The van der Waals surface area contributed by atoms with Crippen LogP contribution in [-0.2, 0) is 15.7 Å². The van der Waals surface area contributed by atoms with Crippen LogP contribution in [-0.4, -0.2) is 45.8 Å². The van der Waals surface area contributed by atoms with E-state index in [-0.39, 0.29) is 22.7 Å². The van der Waals surface area contributed by atoms with Crippen molar-refractivity contribution in [2.75, 3.05) is 44.1 Å². The number of benzene rings is 2. The van der Waals surface area contributed by atoms with E-state index >= 15 is 0 Å². The largest absolute Gasteiger partial charge is 0.493 e. The van der Waals surface area contributed by atoms with Crippen molar-refractivity contribution in [2.45, 2.75) is 19.0 Å². The first-order valence-corrected chi connectivity index (χ1v) is 9.88. The van der Waals surface area contributed by atoms with Gasteiger partial charge in [-0.3, -0.25) is 4.79 Å². The lowest BCUT2D eigenvalue weighted by Gasteiger charge is -2.23. The number of halogens is 3. The van der Waals surface area contributed by atoms with Gasteiger partial charge in [-0.2, -0.15) is 13.2 Å². The van der Waals surface area contributed by atoms with Crippen LogP contribution in [0.5, 0.6) is 11.5 Å². The molecule has 172 valence electrons. The van der Waals surface area contributed by atoms with Crippen molar-refractivity contribution in [1.29, 1.82) is 0 Å². The molecule has 1 aliphatic heterocycles. The van der Waals surface area contributed by atoms with Crippen molar-refractivity contribution >= 4 is 23.3 Å². The highest BCUT2D eigenvalue weighted by molar-refractivity contribution is 6.06. The SMILES string of the molecule is COC(=O)COc1cc(C(=O)Nc2cc(C(F)(F)F)ccc2N2CCCC2)ccc1OC. The third kappa shape index (κ3) is 5.43. The highest BCUT2D eigenvalue weighted by Gasteiger charge is 2.32. The van der Waals surface area contributed by atoms with E-state index in [2.05, 4.69) is 10.1 Å². The van der Waals surface area contributed by atoms with Crippen LogP contribution >= 0.6 is 0 Å². The van der Waals surface area contributed by atoms with E-state index in [1.54, 1.807) is 0 Å². The standard InChI is InChI=1S/C22H23F3N2O5/c1-30-18-8-5-14(11-19(18)32-13-20(28)31-2)21(29)26-16-12-15(22(23,24)25)6-7-17(16)27-9-3-4-10-27/h5-8,11-12H,3-4,9-10,13H2,1-2H3,(H,26,29). The molecule has 0 saturated carbocycles. The van der Waals surface area contributed by atoms with Crippen LogP contribution < -0.4 is 19.7 Å². The summed E-state index contributed by atoms with van der Waals surface area (Å²) in [5.41, 5.74) is -0.137. The normalized spacial score (nSPS) is 13.6. The Bertz CT molecular complexity index is 988. The van der Waals surface area contributed by atoms with Crippen molar-refractivity contribution in [3.63, 3.8) is 0 Å². The molecule has 1 saturated heterocycles. The summed E-state index contributed by atoms with van der Waals surface area (Å²) >= 11 is 0. The minimum Gasteiger partial charge on any atom is -0.493 e. The summed E-state index contributed by atoms with van der Waals surface area (Å²) in [6.45, 7) is 0.995. The number of carbonyl (C=O) groups is 2. The second kappa shape index (κ2) is 9.80. The van der Waals surface area contributed by atoms with Gasteiger partial charge in [-0.25, -0.2) is 4.79 Å². The van der Waals surface area contributed by atoms with Crippen LogP contribution in [0.2, 0.25) is 0 Å². The summed E-state index contributed by atoms with van der Waals surface area (Å²) in [5.74, 6) is -0.854. The smallest absolute Gasteiger partial charge is 0.416 e. The molecule has 0 aliphatic carbocycles. The number of alkyl halides is 3. The zero-order valence-electron chi connectivity index (χ0n) is 17.6. The van der Waals surface area contributed by atoms with E-state index < -0.39 is 30.2 Å². The predicted octanol–water partition coefficient (Wildman–Crippen LogP) is 4.12. The number of amides is 1. The molecule has 1 N–H and O–H groups in total. The number of methoxy groups -OCH3 is 2. The van der Waals surface area contributed by atoms with Crippen LogP contribution in [0.25, 0.3) is 0 Å². The molecule has 2 aromatic rings. The fourth-order valence-electron chi connectivity index (χ4n) is 3.37. The van der Waals surface area contributed by atoms with E-state index in [1.807, 2.05) is 4.90 Å². The minimum atomic E-state index is -4.54. The Hall–Kier alpha value is -3.43. The molecule has 0 aromatic heterocycles. The van der Waals surface area contributed by atoms with Crippen molar-refractivity contribution in [1.82, 2.24) is 0 Å². The molecule has 10 heteroatoms. The number of hydrogen-bond donors (Lipinski definition) is 1. The van der Waals surface area contributed by atoms with Gasteiger partial charge in [-0.05, 0) is 49.2 Å². The van der Waals surface area contributed by atoms with Gasteiger partial charge in [0.05, 0.1) is 31.2 Å². The first-order valence-electron chi connectivity index (χ1n) is 9.88. The molecule has 1 heterocycles. The molecular weight excluding hydrogens is 429 g/mol. The summed E-state index contributed by atoms with van der Waals surface area (Å²) in [6.07, 6.45) is -2.69. The first-order chi connectivity index (χ1) is 15.2. The summed E-state index contributed by atoms with van der Waals surface area (Å²) in [5, 5.41) is 2.59. The Labute approximate surface area is 183 Å². The maximum atomic E-state index is 13.3. The molecule has 1 amide bonds. The monoisotopic (exact) mass is 452 g/mol. The number of esters is 1. The van der Waals surface area contributed by atoms with Crippen LogP contribution in [0, 0.1) is 0 Å². The molecule has 0 atom stereocenters. The van der Waals surface area contributed by atoms with Crippen LogP contribution in [0.15, 0.2) is 36.4 Å². The average molecular weight is 452 g/mol. The van der Waals surface area contributed by atoms with Crippen molar-refractivity contribution in [3.8, 4) is 11.5 Å². The predicted molar refractivity (Wildman–Crippen MR) is 111 cm³/mol. The zero-order valence-corrected chi connectivity index (χ0v) is 17.6. The Morgan fingerprint density at radius 3 is 2.38 bits per heavy atom. The lowest BCUT2D eigenvalue weighted by molar-refractivity contribution is -0.143. The van der Waals surface area contributed by atoms with Gasteiger partial charge in [0.1, 0.15) is 0 Å². The lowest BCUT2D eigenvalue weighted by Crippen LogP contribution is -2.22. The van der Waals surface area contributed by atoms with Gasteiger partial charge in [-0.15, -0.1) is 0 Å². The molecular formula is C22H23F3N2O5. The van der Waals surface area contributed by atoms with E-state index in [4.69, 9.17) is 9.47 Å². The maximum absolute atomic E-state index is 13.3. The summed E-state index contributed by atoms with van der Waals surface area (Å²) in [6, 6.07) is 7.58. The molecule has 0 spiro atoms. The number of ether oxygens (including phenoxy) is 3. The Morgan fingerprint density at radius 1 is 1.03 bits per heavy atom. The van der Waals surface area contributed by atoms with E-state index in [9.17, 15) is 22.8 Å². The van der Waals surface area contributed by atoms with Gasteiger partial charge in [0, 0.05) is 18.7 Å². The summed E-state index contributed by atoms with van der Waals surface area (Å²) in [7, 11) is 2.60. The molecule has 0 radical (unpaired) electrons. The molecule has 3 rings (SSSR count). The summed E-state index contributed by atoms with van der Waals surface area (Å²) < 4.78 is 54.8. The molecule has 2 aromatic carbocycles. The van der Waals surface area contributed by atoms with Gasteiger partial charge in [0.25, 0.3) is 5.91 Å². The fraction of sp³-hybridized carbons (Fsp3) is 0.364. The van der Waals surface area contributed by atoms with Crippen LogP contribution in [0.1, 0.15) is 28.8 Å². The molecule has 1 aliphatic rings. The van der Waals surface area contributed by atoms with Crippen molar-refractivity contribution in [2.24, 2.45) is 0 Å². The number of nitrogens with one attached hydrogen (secondary N) is 1. The zero-order chi connectivity index (χ0) is 23.3. The number of carbonyl (C=O) groups excluding carboxylic acids is 2. The highest BCUT2D eigenvalue weighted by atomic mass is 19.4. The quantitative estimate of drug-likeness (QED) is 0.637. The van der Waals surface area contributed by atoms with E-state index in [1.165, 1.54) is 38.5 Å². The van der Waals surface area contributed by atoms with Gasteiger partial charge in [-0.1, -0.05) is 0 Å². The maximum Gasteiger partial charge on any atom is 0.416 e. The number of anilines is 2. The third-order valence-corrected chi connectivity index (χ3v) is 5.02. The van der Waals surface area contributed by atoms with Gasteiger partial charge in [0.2, 0.25) is 0 Å². The second-order valence-corrected chi connectivity index (χ2v) is 7.11. The number of nitrogens with zero attached hydrogens (tertiary/aromatic N) is 1. The topological polar surface area (TPSA) is 77.1 Å². The molecule has 0 unspecified atom stereocenters. The van der Waals surface area contributed by atoms with Crippen molar-refractivity contribution < 1.29 is 37.0 Å². The van der Waals surface area contributed by atoms with E-state index in [0.29, 0.717) is 18.8 Å². The molecule has 0 bridgehead atoms. The minimum absolute atomic E-state index is 0.0690. The molecule has 1 fully saturated rings. The Balaban J connectivity index is 1.89. The summed E-state index contributed by atoms with van der Waals surface area (Å²) in [4.78, 5) is 26.2. The number of rotatable bonds is 7. The highest BCUT2D eigenvalue weighted by Crippen LogP contribution is 2.37. The van der Waals surface area contributed by atoms with Gasteiger partial charge in [0.15, 0.2) is 18.1 Å². The Morgan fingerprint density at radius 2 is 1.75 bits per heavy atom. The third-order valence-electron chi connectivity index (χ3n) is 5.02. The molecule has 32 heavy (non-hydrogen) atoms. The lowest BCUT2D eigenvalue weighted by atomic mass is 10.1. The van der Waals surface area contributed by atoms with Gasteiger partial charge >= 0.3 is 12.1 Å². The average Bonchev–Trinajstić information content (AvgIpc) is 3.31. The second-order valence-electron chi connectivity index (χ2n) is 7.11. The molecule has 7 nitrogen and oxygen atoms in total. The Kier molecular flexibility index (Phi) is 7.12. The van der Waals surface area contributed by atoms with Gasteiger partial charge < -0.3 is 24.4 Å².